The molecule has 6 nitrogen and oxygen atoms in total. The highest BCUT2D eigenvalue weighted by Gasteiger charge is 2.38. The molecule has 22 heavy (non-hydrogen) atoms. The Bertz CT molecular complexity index is 944. The lowest BCUT2D eigenvalue weighted by Gasteiger charge is -1.98. The van der Waals surface area contributed by atoms with Crippen molar-refractivity contribution in [3.8, 4) is 0 Å². The van der Waals surface area contributed by atoms with Crippen molar-refractivity contribution in [2.24, 2.45) is 0 Å². The molecular formula is C15H9NO5S. The largest absolute Gasteiger partial charge is 0.288 e. The Morgan fingerprint density at radius 1 is 1.05 bits per heavy atom. The number of nitro groups is 1. The fourth-order valence-corrected chi connectivity index (χ4v) is 3.87. The van der Waals surface area contributed by atoms with E-state index < -0.39 is 20.5 Å². The number of hydrogen-bond donors (Lipinski definition) is 0. The van der Waals surface area contributed by atoms with Gasteiger partial charge in [-0.05, 0) is 23.8 Å². The number of Topliss-reactive ketones (excluding diaryl/α,β-unsaturated/α-hetero) is 1. The van der Waals surface area contributed by atoms with Crippen LogP contribution in [-0.4, -0.2) is 19.1 Å². The number of hydrogen-bond acceptors (Lipinski definition) is 5. The van der Waals surface area contributed by atoms with Gasteiger partial charge in [-0.3, -0.25) is 14.9 Å². The van der Waals surface area contributed by atoms with E-state index >= 15 is 0 Å². The van der Waals surface area contributed by atoms with Crippen LogP contribution in [0.1, 0.15) is 15.9 Å². The zero-order valence-electron chi connectivity index (χ0n) is 11.1. The third-order valence-electron chi connectivity index (χ3n) is 3.31. The van der Waals surface area contributed by atoms with Gasteiger partial charge in [-0.1, -0.05) is 24.3 Å². The maximum Gasteiger partial charge on any atom is 0.270 e. The van der Waals surface area contributed by atoms with Crippen LogP contribution < -0.4 is 0 Å². The molecule has 0 aliphatic carbocycles. The molecule has 0 amide bonds. The summed E-state index contributed by atoms with van der Waals surface area (Å²) in [5, 5.41) is 10.8. The number of carbonyl (C=O) groups excluding carboxylic acids is 1. The van der Waals surface area contributed by atoms with Crippen LogP contribution in [0.4, 0.5) is 5.69 Å². The third-order valence-corrected chi connectivity index (χ3v) is 5.13. The van der Waals surface area contributed by atoms with E-state index in [0.29, 0.717) is 0 Å². The van der Waals surface area contributed by atoms with Gasteiger partial charge >= 0.3 is 0 Å². The van der Waals surface area contributed by atoms with Crippen molar-refractivity contribution in [3.05, 3.63) is 74.7 Å². The zero-order valence-corrected chi connectivity index (χ0v) is 11.9. The monoisotopic (exact) mass is 315 g/mol. The zero-order chi connectivity index (χ0) is 15.9. The number of fused-ring (bicyclic) bond motifs is 1. The molecule has 1 heterocycles. The first kappa shape index (κ1) is 14.2. The fraction of sp³-hybridized carbons (Fsp3) is 0. The van der Waals surface area contributed by atoms with Crippen molar-refractivity contribution in [3.63, 3.8) is 0 Å². The number of non-ortho nitro benzene ring substituents is 1. The molecule has 0 saturated carbocycles. The van der Waals surface area contributed by atoms with E-state index in [9.17, 15) is 23.3 Å². The van der Waals surface area contributed by atoms with Crippen LogP contribution in [0.3, 0.4) is 0 Å². The number of nitrogens with zero attached hydrogens (tertiary/aromatic N) is 1. The molecule has 0 bridgehead atoms. The predicted molar refractivity (Wildman–Crippen MR) is 79.0 cm³/mol. The SMILES string of the molecule is O=C1/C(=C/c2cccc([N+](=O)[O-])c2)S(=O)(=O)c2ccccc21. The second kappa shape index (κ2) is 4.88. The lowest BCUT2D eigenvalue weighted by atomic mass is 10.1. The van der Waals surface area contributed by atoms with E-state index in [1.165, 1.54) is 42.5 Å². The maximum atomic E-state index is 12.4. The van der Waals surface area contributed by atoms with Gasteiger partial charge in [0.15, 0.2) is 0 Å². The summed E-state index contributed by atoms with van der Waals surface area (Å²) in [5.41, 5.74) is 0.239. The molecular weight excluding hydrogens is 306 g/mol. The van der Waals surface area contributed by atoms with E-state index in [4.69, 9.17) is 0 Å². The van der Waals surface area contributed by atoms with Gasteiger partial charge in [0, 0.05) is 17.7 Å². The van der Waals surface area contributed by atoms with Gasteiger partial charge in [0.2, 0.25) is 15.6 Å². The molecule has 0 aromatic heterocycles. The normalized spacial score (nSPS) is 17.5. The second-order valence-corrected chi connectivity index (χ2v) is 6.58. The molecule has 0 radical (unpaired) electrons. The summed E-state index contributed by atoms with van der Waals surface area (Å²) in [6.07, 6.45) is 1.17. The van der Waals surface area contributed by atoms with Crippen molar-refractivity contribution < 1.29 is 18.1 Å². The van der Waals surface area contributed by atoms with E-state index in [1.807, 2.05) is 0 Å². The molecule has 0 N–H and O–H groups in total. The van der Waals surface area contributed by atoms with Gasteiger partial charge in [-0.25, -0.2) is 8.42 Å². The van der Waals surface area contributed by atoms with Gasteiger partial charge < -0.3 is 0 Å². The van der Waals surface area contributed by atoms with Crippen LogP contribution in [0.5, 0.6) is 0 Å². The van der Waals surface area contributed by atoms with Gasteiger partial charge in [-0.2, -0.15) is 0 Å². The molecule has 2 aromatic rings. The Hall–Kier alpha value is -2.80. The number of sulfone groups is 1. The minimum absolute atomic E-state index is 0.0309. The molecule has 1 aliphatic rings. The average molecular weight is 315 g/mol. The van der Waals surface area contributed by atoms with Crippen molar-refractivity contribution in [2.75, 3.05) is 0 Å². The van der Waals surface area contributed by atoms with E-state index in [-0.39, 0.29) is 26.6 Å². The van der Waals surface area contributed by atoms with Crippen molar-refractivity contribution in [1.29, 1.82) is 0 Å². The summed E-state index contributed by atoms with van der Waals surface area (Å²) < 4.78 is 24.8. The Balaban J connectivity index is 2.16. The van der Waals surface area contributed by atoms with Crippen LogP contribution >= 0.6 is 0 Å². The van der Waals surface area contributed by atoms with Gasteiger partial charge in [-0.15, -0.1) is 0 Å². The molecule has 0 fully saturated rings. The summed E-state index contributed by atoms with van der Waals surface area (Å²) in [7, 11) is -3.89. The summed E-state index contributed by atoms with van der Waals surface area (Å²) in [4.78, 5) is 22.0. The molecule has 0 unspecified atom stereocenters. The van der Waals surface area contributed by atoms with Crippen LogP contribution in [0.2, 0.25) is 0 Å². The van der Waals surface area contributed by atoms with Crippen LogP contribution in [0, 0.1) is 10.1 Å². The van der Waals surface area contributed by atoms with Crippen LogP contribution in [0.15, 0.2) is 58.3 Å². The van der Waals surface area contributed by atoms with Gasteiger partial charge in [0.25, 0.3) is 5.69 Å². The number of benzene rings is 2. The van der Waals surface area contributed by atoms with E-state index in [2.05, 4.69) is 0 Å². The Kier molecular flexibility index (Phi) is 3.14. The Labute approximate surface area is 125 Å². The highest BCUT2D eigenvalue weighted by molar-refractivity contribution is 7.97. The first-order valence-corrected chi connectivity index (χ1v) is 7.74. The lowest BCUT2D eigenvalue weighted by molar-refractivity contribution is -0.384. The molecule has 0 spiro atoms. The standard InChI is InChI=1S/C15H9NO5S/c17-15-12-6-1-2-7-13(12)22(20,21)14(15)9-10-4-3-5-11(8-10)16(18)19/h1-9H/b14-9-. The minimum atomic E-state index is -3.89. The smallest absolute Gasteiger partial charge is 0.270 e. The highest BCUT2D eigenvalue weighted by Crippen LogP contribution is 2.35. The quantitative estimate of drug-likeness (QED) is 0.482. The molecule has 3 rings (SSSR count). The molecule has 110 valence electrons. The second-order valence-electron chi connectivity index (χ2n) is 4.69. The van der Waals surface area contributed by atoms with Crippen molar-refractivity contribution in [1.82, 2.24) is 0 Å². The topological polar surface area (TPSA) is 94.3 Å². The maximum absolute atomic E-state index is 12.4. The third kappa shape index (κ3) is 2.11. The number of rotatable bonds is 2. The Morgan fingerprint density at radius 3 is 2.45 bits per heavy atom. The molecule has 2 aromatic carbocycles. The summed E-state index contributed by atoms with van der Waals surface area (Å²) >= 11 is 0. The number of allylic oxidation sites excluding steroid dienone is 1. The summed E-state index contributed by atoms with van der Waals surface area (Å²) in [6.45, 7) is 0. The van der Waals surface area contributed by atoms with Crippen molar-refractivity contribution in [2.45, 2.75) is 4.90 Å². The van der Waals surface area contributed by atoms with E-state index in [0.717, 1.165) is 0 Å². The van der Waals surface area contributed by atoms with Gasteiger partial charge in [0.05, 0.1) is 9.82 Å². The molecule has 1 aliphatic heterocycles. The molecule has 7 heteroatoms. The van der Waals surface area contributed by atoms with E-state index in [1.54, 1.807) is 12.1 Å². The average Bonchev–Trinajstić information content (AvgIpc) is 2.69. The molecule has 0 atom stereocenters. The minimum Gasteiger partial charge on any atom is -0.288 e. The first-order valence-electron chi connectivity index (χ1n) is 6.26. The summed E-state index contributed by atoms with van der Waals surface area (Å²) in [6, 6.07) is 11.4. The van der Waals surface area contributed by atoms with Crippen LogP contribution in [-0.2, 0) is 9.84 Å². The first-order chi connectivity index (χ1) is 10.4. The van der Waals surface area contributed by atoms with Crippen LogP contribution in [0.25, 0.3) is 6.08 Å². The van der Waals surface area contributed by atoms with Gasteiger partial charge in [0.1, 0.15) is 4.91 Å². The predicted octanol–water partition coefficient (Wildman–Crippen LogP) is 2.61. The molecule has 0 saturated heterocycles. The fourth-order valence-electron chi connectivity index (χ4n) is 2.28. The summed E-state index contributed by atoms with van der Waals surface area (Å²) in [5.74, 6) is -0.595. The van der Waals surface area contributed by atoms with Crippen molar-refractivity contribution >= 4 is 27.4 Å². The number of ketones is 1. The highest BCUT2D eigenvalue weighted by atomic mass is 32.2. The Morgan fingerprint density at radius 2 is 1.77 bits per heavy atom. The lowest BCUT2D eigenvalue weighted by Crippen LogP contribution is -2.02. The number of nitro benzene ring substituents is 1. The number of carbonyl (C=O) groups is 1.